The molecule has 0 unspecified atom stereocenters. The highest BCUT2D eigenvalue weighted by molar-refractivity contribution is 7.98. The average Bonchev–Trinajstić information content (AvgIpc) is 2.15. The van der Waals surface area contributed by atoms with Crippen molar-refractivity contribution in [2.24, 2.45) is 0 Å². The largest absolute Gasteiger partial charge is 0.454 e. The van der Waals surface area contributed by atoms with Crippen molar-refractivity contribution < 1.29 is 18.0 Å². The second-order valence-corrected chi connectivity index (χ2v) is 3.64. The van der Waals surface area contributed by atoms with Crippen LogP contribution in [-0.4, -0.2) is 23.2 Å². The van der Waals surface area contributed by atoms with Gasteiger partial charge in [0.25, 0.3) is 5.78 Å². The summed E-state index contributed by atoms with van der Waals surface area (Å²) in [5.74, 6) is -1.85. The van der Waals surface area contributed by atoms with Crippen molar-refractivity contribution in [2.75, 3.05) is 6.26 Å². The molecule has 0 aliphatic rings. The van der Waals surface area contributed by atoms with Crippen LogP contribution in [0.15, 0.2) is 17.2 Å². The number of alkyl halides is 3. The number of pyridine rings is 1. The number of aryl methyl sites for hydroxylation is 1. The molecule has 1 aromatic rings. The van der Waals surface area contributed by atoms with Crippen LogP contribution < -0.4 is 0 Å². The Morgan fingerprint density at radius 2 is 2.00 bits per heavy atom. The molecular formula is C9H8F3NOS. The molecule has 0 fully saturated rings. The lowest BCUT2D eigenvalue weighted by Crippen LogP contribution is -2.23. The Labute approximate surface area is 88.9 Å². The van der Waals surface area contributed by atoms with Crippen LogP contribution >= 0.6 is 11.8 Å². The zero-order chi connectivity index (χ0) is 11.6. The third-order valence-electron chi connectivity index (χ3n) is 1.77. The van der Waals surface area contributed by atoms with Crippen LogP contribution in [-0.2, 0) is 0 Å². The molecule has 0 bridgehead atoms. The molecule has 0 saturated heterocycles. The summed E-state index contributed by atoms with van der Waals surface area (Å²) in [7, 11) is 0. The fourth-order valence-corrected chi connectivity index (χ4v) is 1.48. The molecule has 0 aromatic carbocycles. The smallest absolute Gasteiger partial charge is 0.284 e. The molecule has 0 aliphatic carbocycles. The van der Waals surface area contributed by atoms with Gasteiger partial charge in [0.1, 0.15) is 0 Å². The molecule has 0 atom stereocenters. The minimum atomic E-state index is -4.84. The van der Waals surface area contributed by atoms with Crippen LogP contribution in [0.4, 0.5) is 13.2 Å². The van der Waals surface area contributed by atoms with Crippen molar-refractivity contribution in [2.45, 2.75) is 18.1 Å². The van der Waals surface area contributed by atoms with Gasteiger partial charge in [0, 0.05) is 11.3 Å². The van der Waals surface area contributed by atoms with Crippen molar-refractivity contribution in [3.8, 4) is 0 Å². The number of halogens is 3. The molecule has 1 aromatic heterocycles. The van der Waals surface area contributed by atoms with Gasteiger partial charge in [-0.15, -0.1) is 11.8 Å². The Bertz CT molecular complexity index is 389. The number of hydrogen-bond donors (Lipinski definition) is 0. The van der Waals surface area contributed by atoms with E-state index < -0.39 is 12.0 Å². The first-order valence-corrected chi connectivity index (χ1v) is 5.22. The number of aromatic nitrogens is 1. The minimum Gasteiger partial charge on any atom is -0.284 e. The Morgan fingerprint density at radius 1 is 1.40 bits per heavy atom. The number of thioether (sulfide) groups is 1. The topological polar surface area (TPSA) is 30.0 Å². The summed E-state index contributed by atoms with van der Waals surface area (Å²) in [6.45, 7) is 1.39. The Balaban J connectivity index is 3.12. The maximum Gasteiger partial charge on any atom is 0.454 e. The zero-order valence-corrected chi connectivity index (χ0v) is 8.87. The van der Waals surface area contributed by atoms with Gasteiger partial charge < -0.3 is 0 Å². The van der Waals surface area contributed by atoms with Crippen molar-refractivity contribution in [1.82, 2.24) is 4.98 Å². The third kappa shape index (κ3) is 2.71. The van der Waals surface area contributed by atoms with Crippen molar-refractivity contribution in [3.05, 3.63) is 23.4 Å². The lowest BCUT2D eigenvalue weighted by atomic mass is 10.1. The van der Waals surface area contributed by atoms with E-state index in [4.69, 9.17) is 0 Å². The quantitative estimate of drug-likeness (QED) is 0.583. The first-order valence-electron chi connectivity index (χ1n) is 3.99. The Kier molecular flexibility index (Phi) is 3.38. The summed E-state index contributed by atoms with van der Waals surface area (Å²) < 4.78 is 36.3. The molecule has 0 spiro atoms. The van der Waals surface area contributed by atoms with Crippen molar-refractivity contribution in [3.63, 3.8) is 0 Å². The Hall–Kier alpha value is -1.04. The number of carbonyl (C=O) groups excluding carboxylic acids is 1. The van der Waals surface area contributed by atoms with Gasteiger partial charge in [0.2, 0.25) is 0 Å². The van der Waals surface area contributed by atoms with Crippen LogP contribution in [0.1, 0.15) is 16.1 Å². The van der Waals surface area contributed by atoms with Crippen molar-refractivity contribution in [1.29, 1.82) is 0 Å². The number of Topliss-reactive ketones (excluding diaryl/α,β-unsaturated/α-hetero) is 1. The SMILES string of the molecule is CSc1ccc(C(=O)C(F)(F)F)c(C)n1. The van der Waals surface area contributed by atoms with Gasteiger partial charge in [-0.25, -0.2) is 4.98 Å². The van der Waals surface area contributed by atoms with Gasteiger partial charge in [-0.05, 0) is 25.3 Å². The maximum absolute atomic E-state index is 12.1. The summed E-state index contributed by atoms with van der Waals surface area (Å²) >= 11 is 1.31. The van der Waals surface area contributed by atoms with Crippen molar-refractivity contribution >= 4 is 17.5 Å². The van der Waals surface area contributed by atoms with E-state index in [9.17, 15) is 18.0 Å². The molecule has 15 heavy (non-hydrogen) atoms. The van der Waals surface area contributed by atoms with E-state index in [1.807, 2.05) is 0 Å². The van der Waals surface area contributed by atoms with E-state index in [0.29, 0.717) is 5.03 Å². The van der Waals surface area contributed by atoms with Crippen LogP contribution in [0.3, 0.4) is 0 Å². The molecule has 6 heteroatoms. The standard InChI is InChI=1S/C9H8F3NOS/c1-5-6(8(14)9(10,11)12)3-4-7(13-5)15-2/h3-4H,1-2H3. The first-order chi connectivity index (χ1) is 6.86. The Morgan fingerprint density at radius 3 is 2.40 bits per heavy atom. The summed E-state index contributed by atoms with van der Waals surface area (Å²) in [5, 5.41) is 0.589. The monoisotopic (exact) mass is 235 g/mol. The molecule has 0 N–H and O–H groups in total. The number of rotatable bonds is 2. The highest BCUT2D eigenvalue weighted by Crippen LogP contribution is 2.24. The van der Waals surface area contributed by atoms with E-state index >= 15 is 0 Å². The van der Waals surface area contributed by atoms with Crippen LogP contribution in [0.2, 0.25) is 0 Å². The molecule has 82 valence electrons. The zero-order valence-electron chi connectivity index (χ0n) is 8.05. The van der Waals surface area contributed by atoms with Crippen LogP contribution in [0.5, 0.6) is 0 Å². The lowest BCUT2D eigenvalue weighted by Gasteiger charge is -2.07. The lowest BCUT2D eigenvalue weighted by molar-refractivity contribution is -0.0886. The van der Waals surface area contributed by atoms with E-state index in [1.54, 1.807) is 6.26 Å². The van der Waals surface area contributed by atoms with Crippen LogP contribution in [0, 0.1) is 6.92 Å². The fraction of sp³-hybridized carbons (Fsp3) is 0.333. The second-order valence-electron chi connectivity index (χ2n) is 2.81. The summed E-state index contributed by atoms with van der Waals surface area (Å²) in [6, 6.07) is 2.56. The van der Waals surface area contributed by atoms with E-state index in [-0.39, 0.29) is 11.3 Å². The number of hydrogen-bond acceptors (Lipinski definition) is 3. The minimum absolute atomic E-state index is 0.101. The normalized spacial score (nSPS) is 11.5. The number of ketones is 1. The number of nitrogens with zero attached hydrogens (tertiary/aromatic N) is 1. The summed E-state index contributed by atoms with van der Waals surface area (Å²) in [5.41, 5.74) is -0.288. The van der Waals surface area contributed by atoms with Gasteiger partial charge >= 0.3 is 6.18 Å². The predicted octanol–water partition coefficient (Wildman–Crippen LogP) is 2.86. The molecular weight excluding hydrogens is 227 g/mol. The first kappa shape index (κ1) is 12.0. The van der Waals surface area contributed by atoms with Gasteiger partial charge in [0.05, 0.1) is 5.03 Å². The van der Waals surface area contributed by atoms with Gasteiger partial charge in [-0.3, -0.25) is 4.79 Å². The highest BCUT2D eigenvalue weighted by Gasteiger charge is 2.40. The van der Waals surface area contributed by atoms with Gasteiger partial charge in [-0.1, -0.05) is 0 Å². The summed E-state index contributed by atoms with van der Waals surface area (Å²) in [4.78, 5) is 14.8. The molecule has 0 aliphatic heterocycles. The molecule has 0 amide bonds. The molecule has 0 saturated carbocycles. The molecule has 1 heterocycles. The molecule has 1 rings (SSSR count). The predicted molar refractivity (Wildman–Crippen MR) is 51.1 cm³/mol. The molecule has 2 nitrogen and oxygen atoms in total. The van der Waals surface area contributed by atoms with Crippen LogP contribution in [0.25, 0.3) is 0 Å². The fourth-order valence-electron chi connectivity index (χ4n) is 1.04. The van der Waals surface area contributed by atoms with Gasteiger partial charge in [0.15, 0.2) is 0 Å². The second kappa shape index (κ2) is 4.22. The summed E-state index contributed by atoms with van der Waals surface area (Å²) in [6.07, 6.45) is -3.08. The van der Waals surface area contributed by atoms with E-state index in [2.05, 4.69) is 4.98 Å². The van der Waals surface area contributed by atoms with Gasteiger partial charge in [-0.2, -0.15) is 13.2 Å². The number of carbonyl (C=O) groups is 1. The molecule has 0 radical (unpaired) electrons. The van der Waals surface area contributed by atoms with E-state index in [0.717, 1.165) is 6.07 Å². The van der Waals surface area contributed by atoms with E-state index in [1.165, 1.54) is 24.8 Å². The third-order valence-corrected chi connectivity index (χ3v) is 2.42. The average molecular weight is 235 g/mol. The highest BCUT2D eigenvalue weighted by atomic mass is 32.2. The maximum atomic E-state index is 12.1.